The van der Waals surface area contributed by atoms with E-state index in [0.717, 1.165) is 13.1 Å². The van der Waals surface area contributed by atoms with E-state index in [1.165, 1.54) is 36.9 Å². The Morgan fingerprint density at radius 2 is 1.75 bits per heavy atom. The lowest BCUT2D eigenvalue weighted by molar-refractivity contribution is 0.314. The van der Waals surface area contributed by atoms with Gasteiger partial charge in [-0.05, 0) is 71.8 Å². The largest absolute Gasteiger partial charge is 0.312 e. The van der Waals surface area contributed by atoms with E-state index in [1.807, 2.05) is 0 Å². The average Bonchev–Trinajstić information content (AvgIpc) is 2.35. The molecular weight excluding hydrogens is 244 g/mol. The normalized spacial score (nSPS) is 12.1. The van der Waals surface area contributed by atoms with Crippen molar-refractivity contribution in [3.8, 4) is 0 Å². The zero-order chi connectivity index (χ0) is 15.0. The Hall–Kier alpha value is -0.860. The molecule has 0 aliphatic carbocycles. The second-order valence-electron chi connectivity index (χ2n) is 6.90. The van der Waals surface area contributed by atoms with Gasteiger partial charge in [-0.3, -0.25) is 0 Å². The Balaban J connectivity index is 2.12. The van der Waals surface area contributed by atoms with Gasteiger partial charge in [-0.1, -0.05) is 30.7 Å². The molecule has 0 radical (unpaired) electrons. The van der Waals surface area contributed by atoms with Crippen molar-refractivity contribution in [3.63, 3.8) is 0 Å². The lowest BCUT2D eigenvalue weighted by Gasteiger charge is -2.21. The average molecular weight is 276 g/mol. The van der Waals surface area contributed by atoms with Crippen molar-refractivity contribution in [1.29, 1.82) is 0 Å². The molecule has 2 nitrogen and oxygen atoms in total. The molecule has 0 saturated carbocycles. The van der Waals surface area contributed by atoms with Gasteiger partial charge in [0.25, 0.3) is 0 Å². The van der Waals surface area contributed by atoms with E-state index in [2.05, 4.69) is 69.2 Å². The van der Waals surface area contributed by atoms with Crippen molar-refractivity contribution in [2.24, 2.45) is 0 Å². The summed E-state index contributed by atoms with van der Waals surface area (Å²) in [7, 11) is 2.22. The van der Waals surface area contributed by atoms with Crippen molar-refractivity contribution in [2.45, 2.75) is 59.0 Å². The summed E-state index contributed by atoms with van der Waals surface area (Å²) in [6.45, 7) is 12.2. The number of unbranched alkanes of at least 4 members (excludes halogenated alkanes) is 2. The van der Waals surface area contributed by atoms with E-state index in [-0.39, 0.29) is 5.54 Å². The summed E-state index contributed by atoms with van der Waals surface area (Å²) < 4.78 is 0. The zero-order valence-corrected chi connectivity index (χ0v) is 14.0. The fourth-order valence-electron chi connectivity index (χ4n) is 2.30. The maximum atomic E-state index is 3.54. The van der Waals surface area contributed by atoms with Crippen molar-refractivity contribution < 1.29 is 0 Å². The van der Waals surface area contributed by atoms with Crippen LogP contribution in [0.1, 0.15) is 51.2 Å². The minimum absolute atomic E-state index is 0.252. The molecule has 2 heteroatoms. The van der Waals surface area contributed by atoms with E-state index in [1.54, 1.807) is 0 Å². The van der Waals surface area contributed by atoms with Gasteiger partial charge >= 0.3 is 0 Å². The van der Waals surface area contributed by atoms with Crippen LogP contribution in [-0.4, -0.2) is 30.6 Å². The number of nitrogens with one attached hydrogen (secondary N) is 1. The van der Waals surface area contributed by atoms with Gasteiger partial charge in [0.2, 0.25) is 0 Å². The van der Waals surface area contributed by atoms with Crippen LogP contribution in [-0.2, 0) is 6.54 Å². The first-order valence-electron chi connectivity index (χ1n) is 7.86. The van der Waals surface area contributed by atoms with E-state index in [4.69, 9.17) is 0 Å². The van der Waals surface area contributed by atoms with Crippen LogP contribution in [0.15, 0.2) is 24.3 Å². The third-order valence-electron chi connectivity index (χ3n) is 3.57. The number of nitrogens with zero attached hydrogens (tertiary/aromatic N) is 1. The Kier molecular flexibility index (Phi) is 7.25. The second-order valence-corrected chi connectivity index (χ2v) is 6.90. The van der Waals surface area contributed by atoms with Gasteiger partial charge in [-0.25, -0.2) is 0 Å². The summed E-state index contributed by atoms with van der Waals surface area (Å²) in [6.07, 6.45) is 3.87. The van der Waals surface area contributed by atoms with Crippen LogP contribution in [0, 0.1) is 6.92 Å². The van der Waals surface area contributed by atoms with Gasteiger partial charge < -0.3 is 10.2 Å². The highest BCUT2D eigenvalue weighted by Gasteiger charge is 2.07. The molecule has 1 rings (SSSR count). The van der Waals surface area contributed by atoms with Gasteiger partial charge in [0.15, 0.2) is 0 Å². The number of rotatable bonds is 8. The predicted molar refractivity (Wildman–Crippen MR) is 89.1 cm³/mol. The van der Waals surface area contributed by atoms with Gasteiger partial charge in [-0.2, -0.15) is 0 Å². The van der Waals surface area contributed by atoms with Crippen LogP contribution in [0.5, 0.6) is 0 Å². The molecule has 0 atom stereocenters. The molecule has 0 aliphatic heterocycles. The Morgan fingerprint density at radius 3 is 2.40 bits per heavy atom. The molecule has 0 unspecified atom stereocenters. The van der Waals surface area contributed by atoms with Crippen molar-refractivity contribution in [2.75, 3.05) is 20.1 Å². The molecule has 0 bridgehead atoms. The zero-order valence-electron chi connectivity index (χ0n) is 14.0. The number of benzene rings is 1. The maximum absolute atomic E-state index is 3.54. The molecule has 1 aromatic rings. The third kappa shape index (κ3) is 7.66. The first-order valence-corrected chi connectivity index (χ1v) is 7.86. The highest BCUT2D eigenvalue weighted by Crippen LogP contribution is 2.10. The Labute approximate surface area is 125 Å². The molecule has 0 fully saturated rings. The summed E-state index contributed by atoms with van der Waals surface area (Å²) >= 11 is 0. The van der Waals surface area contributed by atoms with Crippen LogP contribution in [0.25, 0.3) is 0 Å². The van der Waals surface area contributed by atoms with E-state index < -0.39 is 0 Å². The van der Waals surface area contributed by atoms with Crippen molar-refractivity contribution in [3.05, 3.63) is 35.4 Å². The lowest BCUT2D eigenvalue weighted by atomic mass is 10.1. The Bertz CT molecular complexity index is 379. The van der Waals surface area contributed by atoms with Crippen LogP contribution < -0.4 is 5.32 Å². The molecule has 114 valence electrons. The van der Waals surface area contributed by atoms with Gasteiger partial charge in [0.1, 0.15) is 0 Å². The summed E-state index contributed by atoms with van der Waals surface area (Å²) in [4.78, 5) is 2.43. The van der Waals surface area contributed by atoms with Gasteiger partial charge in [0.05, 0.1) is 0 Å². The molecule has 0 heterocycles. The number of aryl methyl sites for hydroxylation is 1. The lowest BCUT2D eigenvalue weighted by Crippen LogP contribution is -2.36. The SMILES string of the molecule is Cc1ccccc1CN(C)CCCCCNC(C)(C)C. The van der Waals surface area contributed by atoms with Crippen molar-refractivity contribution in [1.82, 2.24) is 10.2 Å². The molecular formula is C18H32N2. The standard InChI is InChI=1S/C18H32N2/c1-16-11-7-8-12-17(16)15-20(5)14-10-6-9-13-19-18(2,3)4/h7-8,11-12,19H,6,9-10,13-15H2,1-5H3. The monoisotopic (exact) mass is 276 g/mol. The third-order valence-corrected chi connectivity index (χ3v) is 3.57. The van der Waals surface area contributed by atoms with Gasteiger partial charge in [0, 0.05) is 12.1 Å². The highest BCUT2D eigenvalue weighted by molar-refractivity contribution is 5.25. The van der Waals surface area contributed by atoms with Crippen LogP contribution in [0.2, 0.25) is 0 Å². The van der Waals surface area contributed by atoms with Crippen molar-refractivity contribution >= 4 is 0 Å². The second kappa shape index (κ2) is 8.43. The van der Waals surface area contributed by atoms with Crippen LogP contribution in [0.4, 0.5) is 0 Å². The molecule has 0 spiro atoms. The smallest absolute Gasteiger partial charge is 0.0233 e. The molecule has 1 aromatic carbocycles. The molecule has 0 aromatic heterocycles. The summed E-state index contributed by atoms with van der Waals surface area (Å²) in [5.41, 5.74) is 3.10. The Morgan fingerprint density at radius 1 is 1.05 bits per heavy atom. The minimum Gasteiger partial charge on any atom is -0.312 e. The summed E-state index contributed by atoms with van der Waals surface area (Å²) in [5, 5.41) is 3.54. The predicted octanol–water partition coefficient (Wildman–Crippen LogP) is 3.99. The maximum Gasteiger partial charge on any atom is 0.0233 e. The molecule has 0 saturated heterocycles. The molecule has 0 aliphatic rings. The topological polar surface area (TPSA) is 15.3 Å². The molecule has 0 amide bonds. The molecule has 20 heavy (non-hydrogen) atoms. The minimum atomic E-state index is 0.252. The van der Waals surface area contributed by atoms with Gasteiger partial charge in [-0.15, -0.1) is 0 Å². The fraction of sp³-hybridized carbons (Fsp3) is 0.667. The van der Waals surface area contributed by atoms with Crippen LogP contribution in [0.3, 0.4) is 0 Å². The quantitative estimate of drug-likeness (QED) is 0.722. The van der Waals surface area contributed by atoms with E-state index in [0.29, 0.717) is 0 Å². The van der Waals surface area contributed by atoms with E-state index in [9.17, 15) is 0 Å². The number of hydrogen-bond donors (Lipinski definition) is 1. The molecule has 1 N–H and O–H groups in total. The highest BCUT2D eigenvalue weighted by atomic mass is 15.1. The van der Waals surface area contributed by atoms with Crippen LogP contribution >= 0.6 is 0 Å². The van der Waals surface area contributed by atoms with E-state index >= 15 is 0 Å². The fourth-order valence-corrected chi connectivity index (χ4v) is 2.30. The summed E-state index contributed by atoms with van der Waals surface area (Å²) in [5.74, 6) is 0. The summed E-state index contributed by atoms with van der Waals surface area (Å²) in [6, 6.07) is 8.68. The first kappa shape index (κ1) is 17.2. The first-order chi connectivity index (χ1) is 9.38. The number of hydrogen-bond acceptors (Lipinski definition) is 2.